The zero-order valence-electron chi connectivity index (χ0n) is 9.84. The van der Waals surface area contributed by atoms with Crippen molar-refractivity contribution in [2.24, 2.45) is 5.73 Å². The predicted molar refractivity (Wildman–Crippen MR) is 78.5 cm³/mol. The van der Waals surface area contributed by atoms with E-state index in [0.29, 0.717) is 32.6 Å². The van der Waals surface area contributed by atoms with Crippen molar-refractivity contribution in [3.8, 4) is 0 Å². The van der Waals surface area contributed by atoms with Crippen LogP contribution in [0.25, 0.3) is 0 Å². The van der Waals surface area contributed by atoms with Gasteiger partial charge in [-0.05, 0) is 36.2 Å². The molecule has 2 N–H and O–H groups in total. The van der Waals surface area contributed by atoms with Crippen molar-refractivity contribution in [1.29, 1.82) is 0 Å². The average molecular weight is 319 g/mol. The van der Waals surface area contributed by atoms with Crippen LogP contribution >= 0.6 is 34.8 Å². The van der Waals surface area contributed by atoms with Crippen LogP contribution < -0.4 is 5.73 Å². The number of nitrogens with two attached hydrogens (primary N) is 1. The molecule has 1 atom stereocenters. The van der Waals surface area contributed by atoms with E-state index in [1.807, 2.05) is 0 Å². The lowest BCUT2D eigenvalue weighted by atomic mass is 9.99. The molecule has 2 aromatic carbocycles. The van der Waals surface area contributed by atoms with Crippen LogP contribution in [0.1, 0.15) is 17.2 Å². The average Bonchev–Trinajstić information content (AvgIpc) is 2.32. The van der Waals surface area contributed by atoms with Gasteiger partial charge in [-0.3, -0.25) is 0 Å². The first-order chi connectivity index (χ1) is 8.99. The van der Waals surface area contributed by atoms with Crippen molar-refractivity contribution in [3.63, 3.8) is 0 Å². The first-order valence-corrected chi connectivity index (χ1v) is 6.76. The van der Waals surface area contributed by atoms with Gasteiger partial charge in [0.25, 0.3) is 0 Å². The van der Waals surface area contributed by atoms with Crippen LogP contribution in [0.4, 0.5) is 4.39 Å². The summed E-state index contributed by atoms with van der Waals surface area (Å²) in [5.74, 6) is -0.383. The molecule has 2 aromatic rings. The van der Waals surface area contributed by atoms with Crippen LogP contribution in [-0.2, 0) is 6.42 Å². The molecule has 0 radical (unpaired) electrons. The molecule has 100 valence electrons. The first kappa shape index (κ1) is 14.6. The van der Waals surface area contributed by atoms with Crippen molar-refractivity contribution >= 4 is 34.8 Å². The lowest BCUT2D eigenvalue weighted by molar-refractivity contribution is 0.593. The van der Waals surface area contributed by atoms with E-state index in [0.717, 1.165) is 0 Å². The van der Waals surface area contributed by atoms with Gasteiger partial charge >= 0.3 is 0 Å². The Kier molecular flexibility index (Phi) is 4.69. The number of benzene rings is 2. The summed E-state index contributed by atoms with van der Waals surface area (Å²) in [5, 5.41) is 1.31. The molecule has 2 rings (SSSR count). The molecule has 1 nitrogen and oxygen atoms in total. The molecule has 0 fully saturated rings. The van der Waals surface area contributed by atoms with E-state index in [2.05, 4.69) is 0 Å². The van der Waals surface area contributed by atoms with Gasteiger partial charge in [-0.2, -0.15) is 0 Å². The zero-order valence-corrected chi connectivity index (χ0v) is 12.1. The monoisotopic (exact) mass is 317 g/mol. The Balaban J connectivity index is 2.28. The van der Waals surface area contributed by atoms with E-state index in [1.54, 1.807) is 30.3 Å². The largest absolute Gasteiger partial charge is 0.324 e. The Labute approximate surface area is 126 Å². The maximum absolute atomic E-state index is 13.7. The summed E-state index contributed by atoms with van der Waals surface area (Å²) in [7, 11) is 0. The molecule has 5 heteroatoms. The number of halogens is 4. The summed E-state index contributed by atoms with van der Waals surface area (Å²) in [5.41, 5.74) is 7.17. The molecule has 0 amide bonds. The lowest BCUT2D eigenvalue weighted by Gasteiger charge is -2.16. The summed E-state index contributed by atoms with van der Waals surface area (Å²) in [6.07, 6.45) is 0.298. The molecular formula is C14H11Cl3FN. The Morgan fingerprint density at radius 3 is 2.26 bits per heavy atom. The second kappa shape index (κ2) is 6.10. The fourth-order valence-electron chi connectivity index (χ4n) is 1.89. The number of hydrogen-bond donors (Lipinski definition) is 1. The first-order valence-electron chi connectivity index (χ1n) is 5.62. The van der Waals surface area contributed by atoms with Gasteiger partial charge < -0.3 is 5.73 Å². The lowest BCUT2D eigenvalue weighted by Crippen LogP contribution is -2.15. The molecular weight excluding hydrogens is 308 g/mol. The van der Waals surface area contributed by atoms with Gasteiger partial charge in [-0.1, -0.05) is 46.9 Å². The Morgan fingerprint density at radius 2 is 1.68 bits per heavy atom. The maximum atomic E-state index is 13.7. The van der Waals surface area contributed by atoms with Gasteiger partial charge in [0, 0.05) is 26.7 Å². The van der Waals surface area contributed by atoms with E-state index in [-0.39, 0.29) is 5.82 Å². The third kappa shape index (κ3) is 3.40. The minimum absolute atomic E-state index is 0.298. The topological polar surface area (TPSA) is 26.0 Å². The van der Waals surface area contributed by atoms with Gasteiger partial charge in [0.05, 0.1) is 0 Å². The molecule has 0 saturated heterocycles. The maximum Gasteiger partial charge on any atom is 0.127 e. The Hall–Kier alpha value is -0.800. The van der Waals surface area contributed by atoms with Gasteiger partial charge in [0.1, 0.15) is 5.82 Å². The minimum Gasteiger partial charge on any atom is -0.324 e. The molecule has 0 saturated carbocycles. The van der Waals surface area contributed by atoms with E-state index in [9.17, 15) is 4.39 Å². The highest BCUT2D eigenvalue weighted by Gasteiger charge is 2.16. The summed E-state index contributed by atoms with van der Waals surface area (Å²) in [6.45, 7) is 0. The highest BCUT2D eigenvalue weighted by atomic mass is 35.5. The smallest absolute Gasteiger partial charge is 0.127 e. The highest BCUT2D eigenvalue weighted by molar-refractivity contribution is 6.36. The van der Waals surface area contributed by atoms with Crippen molar-refractivity contribution in [2.45, 2.75) is 12.5 Å². The van der Waals surface area contributed by atoms with E-state index in [4.69, 9.17) is 40.5 Å². The molecule has 0 aliphatic carbocycles. The second-order valence-electron chi connectivity index (χ2n) is 4.18. The Bertz CT molecular complexity index is 581. The van der Waals surface area contributed by atoms with Crippen molar-refractivity contribution in [1.82, 2.24) is 0 Å². The fraction of sp³-hybridized carbons (Fsp3) is 0.143. The molecule has 0 aliphatic rings. The molecule has 0 aromatic heterocycles. The molecule has 1 unspecified atom stereocenters. The van der Waals surface area contributed by atoms with Crippen LogP contribution in [0.2, 0.25) is 15.1 Å². The standard InChI is InChI=1S/C14H11Cl3FN/c15-9-5-4-8(12(18)7-9)6-13(19)14-10(16)2-1-3-11(14)17/h1-5,7,13H,6,19H2. The molecule has 0 spiro atoms. The predicted octanol–water partition coefficient (Wildman–Crippen LogP) is 5.03. The summed E-state index contributed by atoms with van der Waals surface area (Å²) in [6, 6.07) is 9.18. The normalized spacial score (nSPS) is 12.5. The third-order valence-corrected chi connectivity index (χ3v) is 3.72. The van der Waals surface area contributed by atoms with Gasteiger partial charge in [0.2, 0.25) is 0 Å². The van der Waals surface area contributed by atoms with Crippen molar-refractivity contribution < 1.29 is 4.39 Å². The third-order valence-electron chi connectivity index (χ3n) is 2.83. The van der Waals surface area contributed by atoms with Crippen LogP contribution in [0.3, 0.4) is 0 Å². The minimum atomic E-state index is -0.475. The summed E-state index contributed by atoms with van der Waals surface area (Å²) >= 11 is 17.9. The highest BCUT2D eigenvalue weighted by Crippen LogP contribution is 2.31. The molecule has 0 heterocycles. The van der Waals surface area contributed by atoms with Gasteiger partial charge in [-0.25, -0.2) is 4.39 Å². The SMILES string of the molecule is NC(Cc1ccc(Cl)cc1F)c1c(Cl)cccc1Cl. The zero-order chi connectivity index (χ0) is 14.0. The number of rotatable bonds is 3. The molecule has 0 bridgehead atoms. The summed E-state index contributed by atoms with van der Waals surface area (Å²) in [4.78, 5) is 0. The van der Waals surface area contributed by atoms with Crippen LogP contribution in [0.15, 0.2) is 36.4 Å². The van der Waals surface area contributed by atoms with E-state index < -0.39 is 6.04 Å². The fourth-order valence-corrected chi connectivity index (χ4v) is 2.73. The molecule has 19 heavy (non-hydrogen) atoms. The second-order valence-corrected chi connectivity index (χ2v) is 5.43. The van der Waals surface area contributed by atoms with Gasteiger partial charge in [0.15, 0.2) is 0 Å². The van der Waals surface area contributed by atoms with Crippen molar-refractivity contribution in [3.05, 3.63) is 68.4 Å². The quantitative estimate of drug-likeness (QED) is 0.844. The van der Waals surface area contributed by atoms with E-state index in [1.165, 1.54) is 6.07 Å². The van der Waals surface area contributed by atoms with Crippen molar-refractivity contribution in [2.75, 3.05) is 0 Å². The number of hydrogen-bond acceptors (Lipinski definition) is 1. The van der Waals surface area contributed by atoms with E-state index >= 15 is 0 Å². The van der Waals surface area contributed by atoms with Crippen LogP contribution in [0, 0.1) is 5.82 Å². The van der Waals surface area contributed by atoms with Gasteiger partial charge in [-0.15, -0.1) is 0 Å². The van der Waals surface area contributed by atoms with Crippen LogP contribution in [-0.4, -0.2) is 0 Å². The Morgan fingerprint density at radius 1 is 1.05 bits per heavy atom. The molecule has 0 aliphatic heterocycles. The van der Waals surface area contributed by atoms with Crippen LogP contribution in [0.5, 0.6) is 0 Å². The summed E-state index contributed by atoms with van der Waals surface area (Å²) < 4.78 is 13.7.